The molecule has 2 heterocycles. The van der Waals surface area contributed by atoms with E-state index in [1.807, 2.05) is 17.5 Å². The number of aryl methyl sites for hydroxylation is 2. The minimum atomic E-state index is 0.420. The van der Waals surface area contributed by atoms with E-state index in [1.54, 1.807) is 6.33 Å². The van der Waals surface area contributed by atoms with E-state index >= 15 is 0 Å². The summed E-state index contributed by atoms with van der Waals surface area (Å²) in [4.78, 5) is 8.64. The van der Waals surface area contributed by atoms with Gasteiger partial charge in [-0.3, -0.25) is 0 Å². The predicted octanol–water partition coefficient (Wildman–Crippen LogP) is 3.24. The van der Waals surface area contributed by atoms with Crippen LogP contribution in [0.1, 0.15) is 34.5 Å². The Bertz CT molecular complexity index is 395. The van der Waals surface area contributed by atoms with Gasteiger partial charge in [0, 0.05) is 22.7 Å². The summed E-state index contributed by atoms with van der Waals surface area (Å²) in [6.07, 6.45) is 3.64. The molecule has 0 saturated heterocycles. The van der Waals surface area contributed by atoms with Gasteiger partial charge in [0.25, 0.3) is 0 Å². The van der Waals surface area contributed by atoms with Crippen molar-refractivity contribution in [2.24, 2.45) is 0 Å². The second kappa shape index (κ2) is 3.58. The lowest BCUT2D eigenvalue weighted by Crippen LogP contribution is -1.98. The molecule has 1 atom stereocenters. The molecule has 3 heteroatoms. The summed E-state index contributed by atoms with van der Waals surface area (Å²) in [5.41, 5.74) is 4.02. The highest BCUT2D eigenvalue weighted by molar-refractivity contribution is 7.10. The van der Waals surface area contributed by atoms with Gasteiger partial charge in [0.05, 0.1) is 6.33 Å². The van der Waals surface area contributed by atoms with Gasteiger partial charge in [-0.1, -0.05) is 6.92 Å². The van der Waals surface area contributed by atoms with Crippen LogP contribution in [0, 0.1) is 13.8 Å². The Morgan fingerprint density at radius 1 is 1.43 bits per heavy atom. The molecule has 0 spiro atoms. The highest BCUT2D eigenvalue weighted by atomic mass is 32.1. The minimum absolute atomic E-state index is 0.420. The maximum absolute atomic E-state index is 4.06. The lowest BCUT2D eigenvalue weighted by atomic mass is 9.96. The van der Waals surface area contributed by atoms with Crippen LogP contribution in [0.15, 0.2) is 17.9 Å². The summed E-state index contributed by atoms with van der Waals surface area (Å²) < 4.78 is 0. The molecule has 2 nitrogen and oxygen atoms in total. The average Bonchev–Trinajstić information content (AvgIpc) is 2.75. The molecule has 1 unspecified atom stereocenters. The molecule has 0 aliphatic rings. The van der Waals surface area contributed by atoms with E-state index in [2.05, 4.69) is 36.1 Å². The van der Waals surface area contributed by atoms with Crippen LogP contribution in [0.2, 0.25) is 0 Å². The van der Waals surface area contributed by atoms with E-state index in [0.29, 0.717) is 5.92 Å². The van der Waals surface area contributed by atoms with Crippen molar-refractivity contribution in [1.29, 1.82) is 0 Å². The molecule has 0 bridgehead atoms. The molecule has 2 aromatic heterocycles. The summed E-state index contributed by atoms with van der Waals surface area (Å²) in [6.45, 7) is 6.57. The Hall–Kier alpha value is -1.09. The molecule has 0 aliphatic heterocycles. The monoisotopic (exact) mass is 206 g/mol. The number of aromatic amines is 1. The maximum Gasteiger partial charge on any atom is 0.0921 e. The van der Waals surface area contributed by atoms with E-state index in [9.17, 15) is 0 Å². The van der Waals surface area contributed by atoms with Gasteiger partial charge in [0.1, 0.15) is 0 Å². The van der Waals surface area contributed by atoms with Gasteiger partial charge in [-0.2, -0.15) is 0 Å². The minimum Gasteiger partial charge on any atom is -0.348 e. The SMILES string of the molecule is Cc1csc(C)c1C(C)c1cnc[nH]1. The first-order chi connectivity index (χ1) is 6.70. The van der Waals surface area contributed by atoms with E-state index in [-0.39, 0.29) is 0 Å². The number of hydrogen-bond donors (Lipinski definition) is 1. The van der Waals surface area contributed by atoms with E-state index in [0.717, 1.165) is 0 Å². The first-order valence-corrected chi connectivity index (χ1v) is 5.61. The molecule has 0 aliphatic carbocycles. The molecular weight excluding hydrogens is 192 g/mol. The van der Waals surface area contributed by atoms with Crippen LogP contribution in [-0.2, 0) is 0 Å². The van der Waals surface area contributed by atoms with Crippen molar-refractivity contribution in [2.75, 3.05) is 0 Å². The van der Waals surface area contributed by atoms with Crippen LogP contribution >= 0.6 is 11.3 Å². The standard InChI is InChI=1S/C11H14N2S/c1-7-5-14-9(3)11(7)8(2)10-4-12-6-13-10/h4-6,8H,1-3H3,(H,12,13). The zero-order valence-electron chi connectivity index (χ0n) is 8.66. The summed E-state index contributed by atoms with van der Waals surface area (Å²) >= 11 is 1.82. The molecule has 0 amide bonds. The van der Waals surface area contributed by atoms with E-state index < -0.39 is 0 Å². The predicted molar refractivity (Wildman–Crippen MR) is 59.9 cm³/mol. The third-order valence-electron chi connectivity index (χ3n) is 2.64. The number of thiophene rings is 1. The topological polar surface area (TPSA) is 28.7 Å². The third kappa shape index (κ3) is 1.48. The number of rotatable bonds is 2. The van der Waals surface area contributed by atoms with Gasteiger partial charge in [0.2, 0.25) is 0 Å². The summed E-state index contributed by atoms with van der Waals surface area (Å²) in [5.74, 6) is 0.420. The number of aromatic nitrogens is 2. The second-order valence-corrected chi connectivity index (χ2v) is 4.70. The van der Waals surface area contributed by atoms with Crippen LogP contribution < -0.4 is 0 Å². The van der Waals surface area contributed by atoms with Crippen molar-refractivity contribution >= 4 is 11.3 Å². The Morgan fingerprint density at radius 3 is 2.71 bits per heavy atom. The maximum atomic E-state index is 4.06. The van der Waals surface area contributed by atoms with Crippen LogP contribution in [0.5, 0.6) is 0 Å². The molecule has 2 rings (SSSR count). The third-order valence-corrected chi connectivity index (χ3v) is 3.68. The number of H-pyrrole nitrogens is 1. The fourth-order valence-corrected chi connectivity index (χ4v) is 2.83. The molecule has 74 valence electrons. The fraction of sp³-hybridized carbons (Fsp3) is 0.364. The second-order valence-electron chi connectivity index (χ2n) is 3.62. The Morgan fingerprint density at radius 2 is 2.21 bits per heavy atom. The summed E-state index contributed by atoms with van der Waals surface area (Å²) in [7, 11) is 0. The molecule has 2 aromatic rings. The quantitative estimate of drug-likeness (QED) is 0.803. The van der Waals surface area contributed by atoms with E-state index in [4.69, 9.17) is 0 Å². The highest BCUT2D eigenvalue weighted by Gasteiger charge is 2.15. The van der Waals surface area contributed by atoms with Crippen LogP contribution in [0.3, 0.4) is 0 Å². The largest absolute Gasteiger partial charge is 0.348 e. The van der Waals surface area contributed by atoms with Gasteiger partial charge in [-0.15, -0.1) is 11.3 Å². The molecule has 0 radical (unpaired) electrons. The Kier molecular flexibility index (Phi) is 2.42. The van der Waals surface area contributed by atoms with Gasteiger partial charge in [0.15, 0.2) is 0 Å². The van der Waals surface area contributed by atoms with Crippen molar-refractivity contribution in [3.05, 3.63) is 39.6 Å². The van der Waals surface area contributed by atoms with Gasteiger partial charge < -0.3 is 4.98 Å². The first-order valence-electron chi connectivity index (χ1n) is 4.73. The highest BCUT2D eigenvalue weighted by Crippen LogP contribution is 2.31. The van der Waals surface area contributed by atoms with Crippen molar-refractivity contribution < 1.29 is 0 Å². The Balaban J connectivity index is 2.41. The molecule has 14 heavy (non-hydrogen) atoms. The zero-order chi connectivity index (χ0) is 10.1. The lowest BCUT2D eigenvalue weighted by Gasteiger charge is -2.10. The van der Waals surface area contributed by atoms with Crippen LogP contribution in [0.25, 0.3) is 0 Å². The van der Waals surface area contributed by atoms with Gasteiger partial charge in [-0.05, 0) is 30.4 Å². The normalized spacial score (nSPS) is 13.1. The van der Waals surface area contributed by atoms with Crippen molar-refractivity contribution in [1.82, 2.24) is 9.97 Å². The molecular formula is C11H14N2S. The molecule has 1 N–H and O–H groups in total. The van der Waals surface area contributed by atoms with Crippen LogP contribution in [-0.4, -0.2) is 9.97 Å². The fourth-order valence-electron chi connectivity index (χ4n) is 1.89. The number of nitrogens with one attached hydrogen (secondary N) is 1. The summed E-state index contributed by atoms with van der Waals surface area (Å²) in [6, 6.07) is 0. The van der Waals surface area contributed by atoms with Crippen molar-refractivity contribution in [2.45, 2.75) is 26.7 Å². The molecule has 0 fully saturated rings. The first kappa shape index (κ1) is 9.46. The van der Waals surface area contributed by atoms with Gasteiger partial charge in [-0.25, -0.2) is 4.98 Å². The van der Waals surface area contributed by atoms with E-state index in [1.165, 1.54) is 21.7 Å². The smallest absolute Gasteiger partial charge is 0.0921 e. The number of imidazole rings is 1. The number of nitrogens with zero attached hydrogens (tertiary/aromatic N) is 1. The average molecular weight is 206 g/mol. The molecule has 0 aromatic carbocycles. The zero-order valence-corrected chi connectivity index (χ0v) is 9.48. The van der Waals surface area contributed by atoms with Crippen molar-refractivity contribution in [3.8, 4) is 0 Å². The lowest BCUT2D eigenvalue weighted by molar-refractivity contribution is 0.872. The van der Waals surface area contributed by atoms with Crippen molar-refractivity contribution in [3.63, 3.8) is 0 Å². The van der Waals surface area contributed by atoms with Gasteiger partial charge >= 0.3 is 0 Å². The summed E-state index contributed by atoms with van der Waals surface area (Å²) in [5, 5.41) is 2.22. The number of hydrogen-bond acceptors (Lipinski definition) is 2. The van der Waals surface area contributed by atoms with Crippen LogP contribution in [0.4, 0.5) is 0 Å². The molecule has 0 saturated carbocycles. The Labute approximate surface area is 88.0 Å².